The molecule has 1 aromatic carbocycles. The SMILES string of the molecule is Cl.Cl.N#Cc1cccc(CN2CCC(CNC(=O)C3CCNCC3)C2)c1. The predicted octanol–water partition coefficient (Wildman–Crippen LogP) is 2.34. The first kappa shape index (κ1) is 22.7. The number of carbonyl (C=O) groups is 1. The maximum absolute atomic E-state index is 12.2. The Bertz CT molecular complexity index is 614. The highest BCUT2D eigenvalue weighted by atomic mass is 35.5. The first-order chi connectivity index (χ1) is 11.7. The average molecular weight is 399 g/mol. The summed E-state index contributed by atoms with van der Waals surface area (Å²) in [5, 5.41) is 15.4. The molecule has 1 atom stereocenters. The van der Waals surface area contributed by atoms with Gasteiger partial charge in [0.25, 0.3) is 0 Å². The van der Waals surface area contributed by atoms with Gasteiger partial charge in [-0.25, -0.2) is 0 Å². The number of benzene rings is 1. The third kappa shape index (κ3) is 6.44. The Morgan fingerprint density at radius 3 is 2.77 bits per heavy atom. The monoisotopic (exact) mass is 398 g/mol. The van der Waals surface area contributed by atoms with Gasteiger partial charge in [0.15, 0.2) is 0 Å². The smallest absolute Gasteiger partial charge is 0.223 e. The number of hydrogen-bond acceptors (Lipinski definition) is 4. The molecule has 0 saturated carbocycles. The van der Waals surface area contributed by atoms with E-state index in [2.05, 4.69) is 27.7 Å². The van der Waals surface area contributed by atoms with E-state index in [9.17, 15) is 4.79 Å². The Balaban J connectivity index is 0.00000169. The van der Waals surface area contributed by atoms with Crippen LogP contribution >= 0.6 is 24.8 Å². The van der Waals surface area contributed by atoms with Gasteiger partial charge in [0.05, 0.1) is 11.6 Å². The Labute approximate surface area is 168 Å². The Hall–Kier alpha value is -1.32. The molecule has 7 heteroatoms. The molecule has 2 fully saturated rings. The first-order valence-electron chi connectivity index (χ1n) is 8.94. The van der Waals surface area contributed by atoms with E-state index in [1.807, 2.05) is 18.2 Å². The lowest BCUT2D eigenvalue weighted by Crippen LogP contribution is -2.40. The molecule has 26 heavy (non-hydrogen) atoms. The predicted molar refractivity (Wildman–Crippen MR) is 108 cm³/mol. The zero-order valence-electron chi connectivity index (χ0n) is 14.9. The maximum Gasteiger partial charge on any atom is 0.223 e. The van der Waals surface area contributed by atoms with Gasteiger partial charge in [-0.15, -0.1) is 24.8 Å². The number of nitrogens with one attached hydrogen (secondary N) is 2. The molecule has 2 aliphatic rings. The summed E-state index contributed by atoms with van der Waals surface area (Å²) >= 11 is 0. The zero-order chi connectivity index (χ0) is 16.8. The quantitative estimate of drug-likeness (QED) is 0.798. The minimum absolute atomic E-state index is 0. The van der Waals surface area contributed by atoms with Crippen LogP contribution in [0.2, 0.25) is 0 Å². The van der Waals surface area contributed by atoms with Crippen LogP contribution < -0.4 is 10.6 Å². The lowest BCUT2D eigenvalue weighted by Gasteiger charge is -2.22. The molecule has 2 saturated heterocycles. The maximum atomic E-state index is 12.2. The van der Waals surface area contributed by atoms with Crippen LogP contribution in [0.3, 0.4) is 0 Å². The molecule has 0 aromatic heterocycles. The summed E-state index contributed by atoms with van der Waals surface area (Å²) in [6.07, 6.45) is 3.04. The van der Waals surface area contributed by atoms with E-state index in [1.165, 1.54) is 5.56 Å². The molecule has 2 N–H and O–H groups in total. The van der Waals surface area contributed by atoms with Crippen molar-refractivity contribution in [2.24, 2.45) is 11.8 Å². The van der Waals surface area contributed by atoms with Gasteiger partial charge in [0, 0.05) is 25.6 Å². The van der Waals surface area contributed by atoms with E-state index in [-0.39, 0.29) is 36.6 Å². The summed E-state index contributed by atoms with van der Waals surface area (Å²) in [6, 6.07) is 10.0. The number of carbonyl (C=O) groups excluding carboxylic acids is 1. The molecule has 1 aromatic rings. The standard InChI is InChI=1S/C19H26N4O.2ClH/c20-11-15-2-1-3-16(10-15)13-23-9-6-17(14-23)12-22-19(24)18-4-7-21-8-5-18;;/h1-3,10,17-18,21H,4-9,12-14H2,(H,22,24);2*1H. The van der Waals surface area contributed by atoms with Gasteiger partial charge in [0.1, 0.15) is 0 Å². The summed E-state index contributed by atoms with van der Waals surface area (Å²) in [5.74, 6) is 0.962. The highest BCUT2D eigenvalue weighted by Gasteiger charge is 2.25. The number of nitrogens with zero attached hydrogens (tertiary/aromatic N) is 2. The molecule has 0 bridgehead atoms. The topological polar surface area (TPSA) is 68.2 Å². The van der Waals surface area contributed by atoms with Crippen LogP contribution in [-0.2, 0) is 11.3 Å². The molecule has 0 radical (unpaired) electrons. The van der Waals surface area contributed by atoms with Crippen molar-refractivity contribution >= 4 is 30.7 Å². The number of rotatable bonds is 5. The Morgan fingerprint density at radius 1 is 1.27 bits per heavy atom. The lowest BCUT2D eigenvalue weighted by atomic mass is 9.97. The molecule has 144 valence electrons. The second kappa shape index (κ2) is 11.4. The van der Waals surface area contributed by atoms with Crippen LogP contribution in [-0.4, -0.2) is 43.5 Å². The van der Waals surface area contributed by atoms with Gasteiger partial charge in [-0.3, -0.25) is 9.69 Å². The van der Waals surface area contributed by atoms with Gasteiger partial charge in [-0.05, 0) is 62.5 Å². The molecular formula is C19H28Cl2N4O. The summed E-state index contributed by atoms with van der Waals surface area (Å²) in [5.41, 5.74) is 1.91. The summed E-state index contributed by atoms with van der Waals surface area (Å²) < 4.78 is 0. The van der Waals surface area contributed by atoms with Crippen LogP contribution in [0.4, 0.5) is 0 Å². The number of halogens is 2. The second-order valence-electron chi connectivity index (χ2n) is 6.97. The number of amides is 1. The number of hydrogen-bond donors (Lipinski definition) is 2. The van der Waals surface area contributed by atoms with Gasteiger partial charge < -0.3 is 10.6 Å². The minimum Gasteiger partial charge on any atom is -0.356 e. The largest absolute Gasteiger partial charge is 0.356 e. The zero-order valence-corrected chi connectivity index (χ0v) is 16.6. The van der Waals surface area contributed by atoms with Crippen molar-refractivity contribution in [1.29, 1.82) is 5.26 Å². The van der Waals surface area contributed by atoms with E-state index in [1.54, 1.807) is 0 Å². The van der Waals surface area contributed by atoms with Crippen molar-refractivity contribution in [3.63, 3.8) is 0 Å². The minimum atomic E-state index is 0. The van der Waals surface area contributed by atoms with Gasteiger partial charge in [-0.2, -0.15) is 5.26 Å². The van der Waals surface area contributed by atoms with Crippen molar-refractivity contribution in [3.05, 3.63) is 35.4 Å². The molecule has 0 aliphatic carbocycles. The number of likely N-dealkylation sites (tertiary alicyclic amines) is 1. The van der Waals surface area contributed by atoms with Crippen LogP contribution in [0.1, 0.15) is 30.4 Å². The lowest BCUT2D eigenvalue weighted by molar-refractivity contribution is -0.125. The molecule has 2 heterocycles. The van der Waals surface area contributed by atoms with E-state index < -0.39 is 0 Å². The van der Waals surface area contributed by atoms with Crippen LogP contribution in [0.25, 0.3) is 0 Å². The summed E-state index contributed by atoms with van der Waals surface area (Å²) in [6.45, 7) is 5.66. The fraction of sp³-hybridized carbons (Fsp3) is 0.579. The second-order valence-corrected chi connectivity index (χ2v) is 6.97. The van der Waals surface area contributed by atoms with Gasteiger partial charge in [-0.1, -0.05) is 12.1 Å². The molecule has 1 unspecified atom stereocenters. The number of nitriles is 1. The van der Waals surface area contributed by atoms with E-state index >= 15 is 0 Å². The van der Waals surface area contributed by atoms with Gasteiger partial charge >= 0.3 is 0 Å². The molecular weight excluding hydrogens is 371 g/mol. The molecule has 5 nitrogen and oxygen atoms in total. The number of piperidine rings is 1. The van der Waals surface area contributed by atoms with Crippen LogP contribution in [0, 0.1) is 23.2 Å². The highest BCUT2D eigenvalue weighted by molar-refractivity contribution is 5.85. The van der Waals surface area contributed by atoms with E-state index in [0.29, 0.717) is 5.92 Å². The van der Waals surface area contributed by atoms with Crippen molar-refractivity contribution in [2.75, 3.05) is 32.7 Å². The average Bonchev–Trinajstić information content (AvgIpc) is 3.08. The Kier molecular flexibility index (Phi) is 9.97. The van der Waals surface area contributed by atoms with Crippen molar-refractivity contribution in [3.8, 4) is 6.07 Å². The fourth-order valence-corrected chi connectivity index (χ4v) is 3.69. The van der Waals surface area contributed by atoms with Crippen molar-refractivity contribution in [1.82, 2.24) is 15.5 Å². The normalized spacial score (nSPS) is 20.5. The molecule has 2 aliphatic heterocycles. The summed E-state index contributed by atoms with van der Waals surface area (Å²) in [7, 11) is 0. The van der Waals surface area contributed by atoms with E-state index in [0.717, 1.165) is 64.1 Å². The fourth-order valence-electron chi connectivity index (χ4n) is 3.69. The van der Waals surface area contributed by atoms with Gasteiger partial charge in [0.2, 0.25) is 5.91 Å². The first-order valence-corrected chi connectivity index (χ1v) is 8.94. The molecule has 1 amide bonds. The third-order valence-corrected chi connectivity index (χ3v) is 5.11. The van der Waals surface area contributed by atoms with Crippen molar-refractivity contribution in [2.45, 2.75) is 25.8 Å². The Morgan fingerprint density at radius 2 is 2.04 bits per heavy atom. The third-order valence-electron chi connectivity index (χ3n) is 5.11. The molecule has 3 rings (SSSR count). The van der Waals surface area contributed by atoms with Crippen LogP contribution in [0.15, 0.2) is 24.3 Å². The van der Waals surface area contributed by atoms with Crippen LogP contribution in [0.5, 0.6) is 0 Å². The van der Waals surface area contributed by atoms with Crippen molar-refractivity contribution < 1.29 is 4.79 Å². The molecule has 0 spiro atoms. The van der Waals surface area contributed by atoms with E-state index in [4.69, 9.17) is 5.26 Å². The highest BCUT2D eigenvalue weighted by Crippen LogP contribution is 2.19. The summed E-state index contributed by atoms with van der Waals surface area (Å²) in [4.78, 5) is 14.6.